The lowest BCUT2D eigenvalue weighted by atomic mass is 10.2. The van der Waals surface area contributed by atoms with Crippen molar-refractivity contribution in [1.82, 2.24) is 15.2 Å². The molecule has 0 unspecified atom stereocenters. The van der Waals surface area contributed by atoms with Gasteiger partial charge in [-0.25, -0.2) is 14.3 Å². The maximum atomic E-state index is 13.7. The highest BCUT2D eigenvalue weighted by Gasteiger charge is 2.22. The van der Waals surface area contributed by atoms with Crippen LogP contribution in [-0.2, 0) is 0 Å². The van der Waals surface area contributed by atoms with Crippen LogP contribution in [0.3, 0.4) is 0 Å². The van der Waals surface area contributed by atoms with Crippen molar-refractivity contribution in [2.45, 2.75) is 0 Å². The average Bonchev–Trinajstić information content (AvgIpc) is 2.48. The Morgan fingerprint density at radius 2 is 1.71 bits per heavy atom. The molecule has 21 heavy (non-hydrogen) atoms. The zero-order valence-electron chi connectivity index (χ0n) is 11.2. The molecule has 7 nitrogen and oxygen atoms in total. The Hall–Kier alpha value is -2.64. The number of rotatable bonds is 2. The molecule has 110 valence electrons. The number of nitrogens with zero attached hydrogens (tertiary/aromatic N) is 3. The van der Waals surface area contributed by atoms with Crippen molar-refractivity contribution in [1.29, 1.82) is 0 Å². The predicted octanol–water partition coefficient (Wildman–Crippen LogP) is -0.0761. The predicted molar refractivity (Wildman–Crippen MR) is 76.3 cm³/mol. The third-order valence-corrected chi connectivity index (χ3v) is 3.47. The fourth-order valence-electron chi connectivity index (χ4n) is 2.42. The zero-order valence-corrected chi connectivity index (χ0v) is 11.2. The van der Waals surface area contributed by atoms with Crippen molar-refractivity contribution in [3.05, 3.63) is 50.9 Å². The molecule has 3 rings (SSSR count). The molecule has 1 fully saturated rings. The van der Waals surface area contributed by atoms with E-state index in [-0.39, 0.29) is 11.6 Å². The number of para-hydroxylation sites is 1. The number of hydrogen-bond donors (Lipinski definition) is 2. The van der Waals surface area contributed by atoms with E-state index in [1.807, 2.05) is 4.90 Å². The minimum atomic E-state index is -0.631. The highest BCUT2D eigenvalue weighted by atomic mass is 19.1. The van der Waals surface area contributed by atoms with Crippen LogP contribution < -0.4 is 21.0 Å². The molecule has 0 saturated carbocycles. The van der Waals surface area contributed by atoms with Gasteiger partial charge in [-0.15, -0.1) is 5.10 Å². The zero-order chi connectivity index (χ0) is 14.8. The molecule has 1 aliphatic heterocycles. The van der Waals surface area contributed by atoms with E-state index < -0.39 is 11.2 Å². The second-order valence-electron chi connectivity index (χ2n) is 4.76. The van der Waals surface area contributed by atoms with Gasteiger partial charge in [0.2, 0.25) is 5.82 Å². The van der Waals surface area contributed by atoms with Crippen LogP contribution in [0.5, 0.6) is 0 Å². The summed E-state index contributed by atoms with van der Waals surface area (Å²) < 4.78 is 13.7. The molecule has 8 heteroatoms. The van der Waals surface area contributed by atoms with Crippen LogP contribution in [0.1, 0.15) is 0 Å². The molecule has 1 aromatic carbocycles. The number of nitrogens with one attached hydrogen (secondary N) is 2. The van der Waals surface area contributed by atoms with Gasteiger partial charge in [0.25, 0.3) is 5.56 Å². The van der Waals surface area contributed by atoms with Crippen molar-refractivity contribution in [2.24, 2.45) is 0 Å². The minimum Gasteiger partial charge on any atom is -0.366 e. The maximum Gasteiger partial charge on any atom is 0.342 e. The number of anilines is 2. The van der Waals surface area contributed by atoms with E-state index in [0.29, 0.717) is 31.9 Å². The van der Waals surface area contributed by atoms with E-state index in [1.54, 1.807) is 23.1 Å². The number of H-pyrrole nitrogens is 2. The number of piperazine rings is 1. The van der Waals surface area contributed by atoms with Crippen molar-refractivity contribution in [3.8, 4) is 0 Å². The third-order valence-electron chi connectivity index (χ3n) is 3.47. The van der Waals surface area contributed by atoms with E-state index >= 15 is 0 Å². The quantitative estimate of drug-likeness (QED) is 0.808. The molecule has 1 aliphatic rings. The Balaban J connectivity index is 1.75. The molecule has 0 bridgehead atoms. The highest BCUT2D eigenvalue weighted by Crippen LogP contribution is 2.20. The molecular formula is C13H14FN5O2. The second-order valence-corrected chi connectivity index (χ2v) is 4.76. The van der Waals surface area contributed by atoms with Crippen LogP contribution in [0.4, 0.5) is 15.9 Å². The molecule has 0 atom stereocenters. The van der Waals surface area contributed by atoms with E-state index in [0.717, 1.165) is 0 Å². The number of benzene rings is 1. The van der Waals surface area contributed by atoms with E-state index in [2.05, 4.69) is 15.2 Å². The second kappa shape index (κ2) is 5.39. The summed E-state index contributed by atoms with van der Waals surface area (Å²) in [7, 11) is 0. The Labute approximate surface area is 119 Å². The molecule has 1 saturated heterocycles. The van der Waals surface area contributed by atoms with E-state index in [4.69, 9.17) is 0 Å². The molecule has 2 aromatic rings. The minimum absolute atomic E-state index is 0.183. The lowest BCUT2D eigenvalue weighted by molar-refractivity contribution is 0.593. The Bertz CT molecular complexity index is 748. The highest BCUT2D eigenvalue weighted by molar-refractivity contribution is 5.49. The Morgan fingerprint density at radius 3 is 2.38 bits per heavy atom. The van der Waals surface area contributed by atoms with Crippen molar-refractivity contribution >= 4 is 11.5 Å². The van der Waals surface area contributed by atoms with Gasteiger partial charge in [0.05, 0.1) is 5.69 Å². The summed E-state index contributed by atoms with van der Waals surface area (Å²) in [6.07, 6.45) is 0. The standard InChI is InChI=1S/C13H14FN5O2/c14-9-3-1-2-4-10(9)18-5-7-19(8-6-18)11-12(20)15-13(21)17-16-11/h1-4H,5-8H2,(H2,15,17,20,21). The summed E-state index contributed by atoms with van der Waals surface area (Å²) in [6, 6.07) is 6.60. The lowest BCUT2D eigenvalue weighted by Crippen LogP contribution is -2.49. The van der Waals surface area contributed by atoms with Gasteiger partial charge in [-0.1, -0.05) is 12.1 Å². The normalized spacial score (nSPS) is 15.3. The number of aromatic nitrogens is 3. The number of hydrogen-bond acceptors (Lipinski definition) is 5. The molecule has 0 spiro atoms. The number of halogens is 1. The third kappa shape index (κ3) is 2.64. The van der Waals surface area contributed by atoms with E-state index in [9.17, 15) is 14.0 Å². The largest absolute Gasteiger partial charge is 0.366 e. The van der Waals surface area contributed by atoms with E-state index in [1.165, 1.54) is 6.07 Å². The first-order chi connectivity index (χ1) is 10.1. The van der Waals surface area contributed by atoms with Crippen molar-refractivity contribution < 1.29 is 4.39 Å². The molecule has 2 N–H and O–H groups in total. The maximum absolute atomic E-state index is 13.7. The number of aromatic amines is 2. The summed E-state index contributed by atoms with van der Waals surface area (Å²) in [4.78, 5) is 28.5. The first-order valence-electron chi connectivity index (χ1n) is 6.58. The van der Waals surface area contributed by atoms with Gasteiger partial charge in [-0.05, 0) is 12.1 Å². The van der Waals surface area contributed by atoms with Gasteiger partial charge < -0.3 is 9.80 Å². The van der Waals surface area contributed by atoms with Crippen LogP contribution in [0.2, 0.25) is 0 Å². The summed E-state index contributed by atoms with van der Waals surface area (Å²) in [6.45, 7) is 2.19. The summed E-state index contributed by atoms with van der Waals surface area (Å²) in [5.41, 5.74) is -0.590. The smallest absolute Gasteiger partial charge is 0.342 e. The van der Waals surface area contributed by atoms with Gasteiger partial charge in [0.15, 0.2) is 0 Å². The van der Waals surface area contributed by atoms with Crippen LogP contribution >= 0.6 is 0 Å². The molecule has 0 amide bonds. The SMILES string of the molecule is O=c1[nH]nc(N2CCN(c3ccccc3F)CC2)c(=O)[nH]1. The molecule has 0 radical (unpaired) electrons. The molecule has 0 aliphatic carbocycles. The van der Waals surface area contributed by atoms with Gasteiger partial charge in [-0.2, -0.15) is 0 Å². The topological polar surface area (TPSA) is 85.1 Å². The fourth-order valence-corrected chi connectivity index (χ4v) is 2.42. The van der Waals surface area contributed by atoms with Crippen LogP contribution in [0.25, 0.3) is 0 Å². The first-order valence-corrected chi connectivity index (χ1v) is 6.58. The molecular weight excluding hydrogens is 277 g/mol. The molecule has 2 heterocycles. The Morgan fingerprint density at radius 1 is 1.05 bits per heavy atom. The average molecular weight is 291 g/mol. The van der Waals surface area contributed by atoms with Gasteiger partial charge >= 0.3 is 5.69 Å². The summed E-state index contributed by atoms with van der Waals surface area (Å²) >= 11 is 0. The first kappa shape index (κ1) is 13.3. The molecule has 1 aromatic heterocycles. The fraction of sp³-hybridized carbons (Fsp3) is 0.308. The van der Waals surface area contributed by atoms with Gasteiger partial charge in [0, 0.05) is 26.2 Å². The van der Waals surface area contributed by atoms with Gasteiger partial charge in [-0.3, -0.25) is 9.78 Å². The lowest BCUT2D eigenvalue weighted by Gasteiger charge is -2.36. The van der Waals surface area contributed by atoms with Crippen LogP contribution in [0, 0.1) is 5.82 Å². The summed E-state index contributed by atoms with van der Waals surface area (Å²) in [5.74, 6) is -0.0752. The van der Waals surface area contributed by atoms with Crippen LogP contribution in [-0.4, -0.2) is 41.4 Å². The van der Waals surface area contributed by atoms with Gasteiger partial charge in [0.1, 0.15) is 5.82 Å². The van der Waals surface area contributed by atoms with Crippen molar-refractivity contribution in [2.75, 3.05) is 36.0 Å². The summed E-state index contributed by atoms with van der Waals surface area (Å²) in [5, 5.41) is 5.98. The van der Waals surface area contributed by atoms with Crippen LogP contribution in [0.15, 0.2) is 33.9 Å². The van der Waals surface area contributed by atoms with Crippen molar-refractivity contribution in [3.63, 3.8) is 0 Å². The Kier molecular flexibility index (Phi) is 3.43. The monoisotopic (exact) mass is 291 g/mol.